The average Bonchev–Trinajstić information content (AvgIpc) is 2.76. The van der Waals surface area contributed by atoms with Gasteiger partial charge < -0.3 is 15.4 Å². The number of carbonyl (C=O) groups excluding carboxylic acids is 1. The van der Waals surface area contributed by atoms with E-state index in [0.717, 1.165) is 51.3 Å². The molecule has 1 fully saturated rings. The fourth-order valence-electron chi connectivity index (χ4n) is 3.63. The van der Waals surface area contributed by atoms with Crippen LogP contribution >= 0.6 is 0 Å². The first-order chi connectivity index (χ1) is 15.5. The summed E-state index contributed by atoms with van der Waals surface area (Å²) >= 11 is 0. The molecular weight excluding hydrogens is 454 g/mol. The molecule has 3 rings (SSSR count). The first-order valence-corrected chi connectivity index (χ1v) is 10.2. The maximum absolute atomic E-state index is 13.6. The number of methoxy groups -OCH3 is 1. The van der Waals surface area contributed by atoms with E-state index in [-0.39, 0.29) is 23.9 Å². The topological polar surface area (TPSA) is 76.1 Å². The lowest BCUT2D eigenvalue weighted by molar-refractivity contribution is -0.141. The van der Waals surface area contributed by atoms with Crippen molar-refractivity contribution in [1.82, 2.24) is 15.3 Å². The summed E-state index contributed by atoms with van der Waals surface area (Å²) in [7, 11) is 1.15. The summed E-state index contributed by atoms with van der Waals surface area (Å²) in [6.07, 6.45) is -4.07. The highest BCUT2D eigenvalue weighted by molar-refractivity contribution is 5.95. The molecule has 12 heteroatoms. The number of rotatable bonds is 6. The third-order valence-corrected chi connectivity index (χ3v) is 5.30. The maximum Gasteiger partial charge on any atom is 0.434 e. The monoisotopic (exact) mass is 476 g/mol. The van der Waals surface area contributed by atoms with E-state index < -0.39 is 41.0 Å². The summed E-state index contributed by atoms with van der Waals surface area (Å²) in [5.74, 6) is -1.54. The molecule has 1 aromatic heterocycles. The lowest BCUT2D eigenvalue weighted by Gasteiger charge is -2.22. The van der Waals surface area contributed by atoms with Gasteiger partial charge in [0.1, 0.15) is 5.75 Å². The molecule has 0 unspecified atom stereocenters. The van der Waals surface area contributed by atoms with Crippen molar-refractivity contribution in [3.8, 4) is 5.75 Å². The Bertz CT molecular complexity index is 988. The highest BCUT2D eigenvalue weighted by Gasteiger charge is 2.38. The van der Waals surface area contributed by atoms with Crippen LogP contribution in [0.5, 0.6) is 5.75 Å². The fourth-order valence-corrected chi connectivity index (χ4v) is 3.63. The van der Waals surface area contributed by atoms with Gasteiger partial charge in [0, 0.05) is 24.5 Å². The minimum absolute atomic E-state index is 0.165. The highest BCUT2D eigenvalue weighted by atomic mass is 19.4. The zero-order chi connectivity index (χ0) is 24.2. The predicted octanol–water partition coefficient (Wildman–Crippen LogP) is 5.58. The van der Waals surface area contributed by atoms with Crippen molar-refractivity contribution in [2.24, 2.45) is 5.92 Å². The van der Waals surface area contributed by atoms with Gasteiger partial charge in [0.05, 0.1) is 18.2 Å². The van der Waals surface area contributed by atoms with E-state index in [1.54, 1.807) is 0 Å². The van der Waals surface area contributed by atoms with Crippen LogP contribution in [-0.2, 0) is 12.4 Å². The van der Waals surface area contributed by atoms with Crippen LogP contribution in [0.2, 0.25) is 0 Å². The molecule has 0 atom stereocenters. The molecule has 180 valence electrons. The van der Waals surface area contributed by atoms with Crippen molar-refractivity contribution in [2.75, 3.05) is 19.0 Å². The summed E-state index contributed by atoms with van der Waals surface area (Å²) < 4.78 is 84.9. The van der Waals surface area contributed by atoms with Gasteiger partial charge >= 0.3 is 12.4 Å². The third-order valence-electron chi connectivity index (χ3n) is 5.30. The fraction of sp³-hybridized carbons (Fsp3) is 0.476. The van der Waals surface area contributed by atoms with Gasteiger partial charge in [0.2, 0.25) is 5.95 Å². The Morgan fingerprint density at radius 1 is 1.06 bits per heavy atom. The van der Waals surface area contributed by atoms with E-state index in [0.29, 0.717) is 12.3 Å². The van der Waals surface area contributed by atoms with Gasteiger partial charge in [-0.1, -0.05) is 19.3 Å². The molecule has 1 aromatic carbocycles. The van der Waals surface area contributed by atoms with Gasteiger partial charge in [-0.3, -0.25) is 4.79 Å². The Morgan fingerprint density at radius 2 is 1.76 bits per heavy atom. The first kappa shape index (κ1) is 24.6. The van der Waals surface area contributed by atoms with Crippen LogP contribution in [0.15, 0.2) is 24.4 Å². The van der Waals surface area contributed by atoms with Crippen LogP contribution in [-0.4, -0.2) is 29.5 Å². The lowest BCUT2D eigenvalue weighted by atomic mass is 9.89. The Labute approximate surface area is 185 Å². The third kappa shape index (κ3) is 6.48. The van der Waals surface area contributed by atoms with Crippen LogP contribution in [0, 0.1) is 5.92 Å². The molecule has 0 aliphatic heterocycles. The number of nitrogens with zero attached hydrogens (tertiary/aromatic N) is 2. The Morgan fingerprint density at radius 3 is 2.36 bits per heavy atom. The first-order valence-electron chi connectivity index (χ1n) is 10.2. The second-order valence-electron chi connectivity index (χ2n) is 7.74. The molecule has 1 aliphatic rings. The molecule has 33 heavy (non-hydrogen) atoms. The van der Waals surface area contributed by atoms with Gasteiger partial charge in [-0.2, -0.15) is 26.3 Å². The normalized spacial score (nSPS) is 15.2. The number of aromatic nitrogens is 2. The molecule has 1 saturated carbocycles. The summed E-state index contributed by atoms with van der Waals surface area (Å²) in [4.78, 5) is 19.5. The summed E-state index contributed by atoms with van der Waals surface area (Å²) in [5.41, 5.74) is -3.55. The zero-order valence-corrected chi connectivity index (χ0v) is 17.6. The molecule has 1 aliphatic carbocycles. The second-order valence-corrected chi connectivity index (χ2v) is 7.74. The van der Waals surface area contributed by atoms with Crippen molar-refractivity contribution in [1.29, 1.82) is 0 Å². The van der Waals surface area contributed by atoms with Crippen molar-refractivity contribution in [3.05, 3.63) is 41.2 Å². The number of anilines is 2. The smallest absolute Gasteiger partial charge is 0.434 e. The van der Waals surface area contributed by atoms with Crippen molar-refractivity contribution < 1.29 is 35.9 Å². The number of hydrogen-bond acceptors (Lipinski definition) is 5. The highest BCUT2D eigenvalue weighted by Crippen LogP contribution is 2.35. The van der Waals surface area contributed by atoms with Crippen LogP contribution in [0.3, 0.4) is 0 Å². The predicted molar refractivity (Wildman–Crippen MR) is 107 cm³/mol. The van der Waals surface area contributed by atoms with Gasteiger partial charge in [0.25, 0.3) is 5.91 Å². The minimum atomic E-state index is -4.98. The molecule has 6 nitrogen and oxygen atoms in total. The number of halogens is 6. The van der Waals surface area contributed by atoms with E-state index in [1.807, 2.05) is 0 Å². The van der Waals surface area contributed by atoms with Crippen LogP contribution in [0.1, 0.15) is 53.7 Å². The number of hydrogen-bond donors (Lipinski definition) is 2. The van der Waals surface area contributed by atoms with Crippen molar-refractivity contribution in [2.45, 2.75) is 44.5 Å². The molecule has 1 amide bonds. The Kier molecular flexibility index (Phi) is 7.33. The van der Waals surface area contributed by atoms with Crippen molar-refractivity contribution in [3.63, 3.8) is 0 Å². The molecule has 0 bridgehead atoms. The average molecular weight is 476 g/mol. The van der Waals surface area contributed by atoms with Crippen molar-refractivity contribution >= 4 is 17.5 Å². The number of amides is 1. The standard InChI is InChI=1S/C21H22F6N4O2/c1-33-15-8-13(20(22,23)24)7-14(9-15)30-19-29-11-16(17(31-19)21(25,26)27)18(32)28-10-12-5-3-2-4-6-12/h7-9,11-12H,2-6,10H2,1H3,(H,28,32)(H,29,30,31). The number of ether oxygens (including phenoxy) is 1. The lowest BCUT2D eigenvalue weighted by Crippen LogP contribution is -2.32. The summed E-state index contributed by atoms with van der Waals surface area (Å²) in [6, 6.07) is 2.58. The molecule has 0 radical (unpaired) electrons. The van der Waals surface area contributed by atoms with Gasteiger partial charge in [-0.25, -0.2) is 9.97 Å². The van der Waals surface area contributed by atoms with Crippen LogP contribution in [0.4, 0.5) is 38.0 Å². The number of carbonyl (C=O) groups is 1. The molecule has 0 spiro atoms. The zero-order valence-electron chi connectivity index (χ0n) is 17.6. The minimum Gasteiger partial charge on any atom is -0.497 e. The van der Waals surface area contributed by atoms with Crippen LogP contribution in [0.25, 0.3) is 0 Å². The second kappa shape index (κ2) is 9.84. The molecule has 1 heterocycles. The van der Waals surface area contributed by atoms with E-state index in [2.05, 4.69) is 20.6 Å². The quantitative estimate of drug-likeness (QED) is 0.533. The van der Waals surface area contributed by atoms with Gasteiger partial charge in [-0.15, -0.1) is 0 Å². The number of alkyl halides is 6. The SMILES string of the molecule is COc1cc(Nc2ncc(C(=O)NCC3CCCCC3)c(C(F)(F)F)n2)cc(C(F)(F)F)c1. The molecule has 2 aromatic rings. The largest absolute Gasteiger partial charge is 0.497 e. The van der Waals surface area contributed by atoms with Gasteiger partial charge in [0.15, 0.2) is 5.69 Å². The van der Waals surface area contributed by atoms with Gasteiger partial charge in [-0.05, 0) is 30.9 Å². The van der Waals surface area contributed by atoms with Crippen LogP contribution < -0.4 is 15.4 Å². The van der Waals surface area contributed by atoms with E-state index in [1.165, 1.54) is 0 Å². The molecular formula is C21H22F6N4O2. The number of benzene rings is 1. The number of nitrogens with one attached hydrogen (secondary N) is 2. The van der Waals surface area contributed by atoms with E-state index >= 15 is 0 Å². The molecule has 0 saturated heterocycles. The summed E-state index contributed by atoms with van der Waals surface area (Å²) in [5, 5.41) is 4.83. The summed E-state index contributed by atoms with van der Waals surface area (Å²) in [6.45, 7) is 0.250. The Balaban J connectivity index is 1.84. The van der Waals surface area contributed by atoms with E-state index in [9.17, 15) is 31.1 Å². The molecule has 2 N–H and O–H groups in total. The Hall–Kier alpha value is -3.05. The maximum atomic E-state index is 13.6. The van der Waals surface area contributed by atoms with E-state index in [4.69, 9.17) is 4.74 Å².